The Bertz CT molecular complexity index is 570. The number of carbonyl (C=O) groups excluding carboxylic acids is 1. The van der Waals surface area contributed by atoms with Crippen LogP contribution in [0.2, 0.25) is 0 Å². The van der Waals surface area contributed by atoms with Gasteiger partial charge in [-0.25, -0.2) is 9.78 Å². The number of amides is 2. The predicted octanol–water partition coefficient (Wildman–Crippen LogP) is 1.57. The summed E-state index contributed by atoms with van der Waals surface area (Å²) in [7, 11) is 3.44. The number of carbonyl (C=O) groups is 1. The number of nitrogens with one attached hydrogen (secondary N) is 2. The van der Waals surface area contributed by atoms with Gasteiger partial charge < -0.3 is 15.5 Å². The highest BCUT2D eigenvalue weighted by atomic mass is 32.1. The van der Waals surface area contributed by atoms with Crippen molar-refractivity contribution in [2.75, 3.05) is 27.2 Å². The van der Waals surface area contributed by atoms with E-state index in [2.05, 4.69) is 20.6 Å². The van der Waals surface area contributed by atoms with Crippen molar-refractivity contribution in [3.63, 3.8) is 0 Å². The van der Waals surface area contributed by atoms with Crippen LogP contribution in [-0.4, -0.2) is 48.1 Å². The molecule has 0 bridgehead atoms. The first-order valence-electron chi connectivity index (χ1n) is 6.68. The lowest BCUT2D eigenvalue weighted by Gasteiger charge is -2.11. The van der Waals surface area contributed by atoms with E-state index in [4.69, 9.17) is 0 Å². The molecule has 0 fully saturated rings. The topological polar surface area (TPSA) is 70.2 Å². The molecule has 2 heterocycles. The van der Waals surface area contributed by atoms with Crippen LogP contribution in [0.3, 0.4) is 0 Å². The zero-order chi connectivity index (χ0) is 15.1. The molecule has 6 nitrogen and oxygen atoms in total. The lowest BCUT2D eigenvalue weighted by atomic mass is 10.3. The second kappa shape index (κ2) is 7.70. The molecule has 21 heavy (non-hydrogen) atoms. The molecule has 2 rings (SSSR count). The Kier molecular flexibility index (Phi) is 5.65. The van der Waals surface area contributed by atoms with Gasteiger partial charge in [-0.15, -0.1) is 11.3 Å². The van der Waals surface area contributed by atoms with Crippen LogP contribution in [0.5, 0.6) is 0 Å². The van der Waals surface area contributed by atoms with Crippen LogP contribution >= 0.6 is 11.3 Å². The van der Waals surface area contributed by atoms with Gasteiger partial charge in [0.25, 0.3) is 0 Å². The molecule has 0 atom stereocenters. The van der Waals surface area contributed by atoms with Gasteiger partial charge in [0.15, 0.2) is 0 Å². The number of rotatable bonds is 6. The molecule has 0 saturated heterocycles. The lowest BCUT2D eigenvalue weighted by molar-refractivity contribution is 0.217. The first-order valence-corrected chi connectivity index (χ1v) is 7.56. The van der Waals surface area contributed by atoms with Crippen molar-refractivity contribution in [3.05, 3.63) is 35.5 Å². The zero-order valence-corrected chi connectivity index (χ0v) is 13.0. The maximum absolute atomic E-state index is 11.3. The fraction of sp³-hybridized carbons (Fsp3) is 0.357. The molecular formula is C14H19N5OS. The van der Waals surface area contributed by atoms with Crippen LogP contribution in [0.25, 0.3) is 10.7 Å². The van der Waals surface area contributed by atoms with E-state index in [9.17, 15) is 4.79 Å². The third-order valence-corrected chi connectivity index (χ3v) is 3.64. The van der Waals surface area contributed by atoms with E-state index in [0.717, 1.165) is 16.4 Å². The van der Waals surface area contributed by atoms with Gasteiger partial charge in [0.05, 0.1) is 11.4 Å². The highest BCUT2D eigenvalue weighted by Gasteiger charge is 2.05. The zero-order valence-electron chi connectivity index (χ0n) is 12.2. The Morgan fingerprint density at radius 3 is 2.90 bits per heavy atom. The first-order chi connectivity index (χ1) is 10.2. The minimum Gasteiger partial charge on any atom is -0.337 e. The molecule has 0 spiro atoms. The average Bonchev–Trinajstić information content (AvgIpc) is 2.96. The van der Waals surface area contributed by atoms with E-state index in [1.54, 1.807) is 31.6 Å². The van der Waals surface area contributed by atoms with Crippen LogP contribution in [0.4, 0.5) is 4.79 Å². The van der Waals surface area contributed by atoms with E-state index in [-0.39, 0.29) is 6.03 Å². The van der Waals surface area contributed by atoms with Crippen molar-refractivity contribution in [1.29, 1.82) is 0 Å². The minimum absolute atomic E-state index is 0.0807. The number of aromatic nitrogens is 2. The lowest BCUT2D eigenvalue weighted by Crippen LogP contribution is -2.38. The Hall–Kier alpha value is -1.99. The van der Waals surface area contributed by atoms with Gasteiger partial charge in [0.2, 0.25) is 0 Å². The summed E-state index contributed by atoms with van der Waals surface area (Å²) in [4.78, 5) is 21.6. The normalized spacial score (nSPS) is 10.4. The van der Waals surface area contributed by atoms with Gasteiger partial charge in [-0.1, -0.05) is 6.07 Å². The smallest absolute Gasteiger partial charge is 0.316 e. The molecule has 0 saturated carbocycles. The molecule has 2 aromatic heterocycles. The van der Waals surface area contributed by atoms with Crippen molar-refractivity contribution in [2.24, 2.45) is 0 Å². The summed E-state index contributed by atoms with van der Waals surface area (Å²) < 4.78 is 0. The van der Waals surface area contributed by atoms with Gasteiger partial charge >= 0.3 is 6.03 Å². The van der Waals surface area contributed by atoms with Crippen LogP contribution < -0.4 is 10.6 Å². The maximum Gasteiger partial charge on any atom is 0.316 e. The summed E-state index contributed by atoms with van der Waals surface area (Å²) >= 11 is 1.59. The van der Waals surface area contributed by atoms with Crippen molar-refractivity contribution in [3.8, 4) is 10.7 Å². The standard InChI is InChI=1S/C14H19N5OS/c1-19(2)14(20)17-8-7-15-9-11-10-21-13(18-11)12-5-3-4-6-16-12/h3-6,10,15H,7-9H2,1-2H3,(H,17,20). The maximum atomic E-state index is 11.3. The molecular weight excluding hydrogens is 286 g/mol. The molecule has 2 aromatic rings. The fourth-order valence-electron chi connectivity index (χ4n) is 1.63. The second-order valence-electron chi connectivity index (χ2n) is 4.66. The summed E-state index contributed by atoms with van der Waals surface area (Å²) in [5.41, 5.74) is 1.88. The number of hydrogen-bond acceptors (Lipinski definition) is 5. The summed E-state index contributed by atoms with van der Waals surface area (Å²) in [5, 5.41) is 8.99. The summed E-state index contributed by atoms with van der Waals surface area (Å²) in [6.45, 7) is 1.98. The molecule has 0 aliphatic rings. The summed E-state index contributed by atoms with van der Waals surface area (Å²) in [6, 6.07) is 5.71. The average molecular weight is 305 g/mol. The Morgan fingerprint density at radius 2 is 2.19 bits per heavy atom. The van der Waals surface area contributed by atoms with E-state index < -0.39 is 0 Å². The Balaban J connectivity index is 1.73. The van der Waals surface area contributed by atoms with Crippen LogP contribution in [-0.2, 0) is 6.54 Å². The van der Waals surface area contributed by atoms with Gasteiger partial charge in [0, 0.05) is 45.3 Å². The van der Waals surface area contributed by atoms with Crippen molar-refractivity contribution in [2.45, 2.75) is 6.54 Å². The Labute approximate surface area is 128 Å². The third kappa shape index (κ3) is 4.80. The molecule has 2 amide bonds. The minimum atomic E-state index is -0.0807. The highest BCUT2D eigenvalue weighted by molar-refractivity contribution is 7.13. The van der Waals surface area contributed by atoms with Crippen LogP contribution in [0, 0.1) is 0 Å². The van der Waals surface area contributed by atoms with Crippen molar-refractivity contribution >= 4 is 17.4 Å². The van der Waals surface area contributed by atoms with Gasteiger partial charge in [0.1, 0.15) is 5.01 Å². The van der Waals surface area contributed by atoms with Crippen LogP contribution in [0.1, 0.15) is 5.69 Å². The van der Waals surface area contributed by atoms with E-state index in [1.165, 1.54) is 4.90 Å². The number of pyridine rings is 1. The number of hydrogen-bond donors (Lipinski definition) is 2. The van der Waals surface area contributed by atoms with Gasteiger partial charge in [-0.05, 0) is 12.1 Å². The number of nitrogens with zero attached hydrogens (tertiary/aromatic N) is 3. The fourth-order valence-corrected chi connectivity index (χ4v) is 2.42. The molecule has 0 radical (unpaired) electrons. The summed E-state index contributed by atoms with van der Waals surface area (Å²) in [5.74, 6) is 0. The van der Waals surface area contributed by atoms with Crippen LogP contribution in [0.15, 0.2) is 29.8 Å². The molecule has 0 aromatic carbocycles. The quantitative estimate of drug-likeness (QED) is 0.795. The molecule has 0 unspecified atom stereocenters. The third-order valence-electron chi connectivity index (χ3n) is 2.73. The molecule has 0 aliphatic carbocycles. The second-order valence-corrected chi connectivity index (χ2v) is 5.52. The Morgan fingerprint density at radius 1 is 1.33 bits per heavy atom. The van der Waals surface area contributed by atoms with E-state index in [1.807, 2.05) is 23.6 Å². The number of urea groups is 1. The SMILES string of the molecule is CN(C)C(=O)NCCNCc1csc(-c2ccccn2)n1. The van der Waals surface area contributed by atoms with Crippen molar-refractivity contribution in [1.82, 2.24) is 25.5 Å². The van der Waals surface area contributed by atoms with Gasteiger partial charge in [-0.3, -0.25) is 4.98 Å². The molecule has 0 aliphatic heterocycles. The highest BCUT2D eigenvalue weighted by Crippen LogP contribution is 2.20. The van der Waals surface area contributed by atoms with Crippen molar-refractivity contribution < 1.29 is 4.79 Å². The largest absolute Gasteiger partial charge is 0.337 e. The molecule has 2 N–H and O–H groups in total. The van der Waals surface area contributed by atoms with E-state index in [0.29, 0.717) is 19.6 Å². The molecule has 112 valence electrons. The number of thiazole rings is 1. The molecule has 7 heteroatoms. The first kappa shape index (κ1) is 15.4. The predicted molar refractivity (Wildman–Crippen MR) is 84.1 cm³/mol. The summed E-state index contributed by atoms with van der Waals surface area (Å²) in [6.07, 6.45) is 1.77. The van der Waals surface area contributed by atoms with Gasteiger partial charge in [-0.2, -0.15) is 0 Å². The van der Waals surface area contributed by atoms with E-state index >= 15 is 0 Å². The monoisotopic (exact) mass is 305 g/mol.